The molecule has 1 fully saturated rings. The van der Waals surface area contributed by atoms with Crippen molar-refractivity contribution in [2.24, 2.45) is 11.8 Å². The van der Waals surface area contributed by atoms with E-state index in [-0.39, 0.29) is 22.6 Å². The van der Waals surface area contributed by atoms with Crippen LogP contribution in [0.15, 0.2) is 0 Å². The SMILES string of the molecule is CC(C)C(S)C(=O)NC(C)(C)C1CC1. The van der Waals surface area contributed by atoms with E-state index in [4.69, 9.17) is 0 Å². The molecule has 0 saturated heterocycles. The van der Waals surface area contributed by atoms with Gasteiger partial charge in [0.1, 0.15) is 0 Å². The number of nitrogens with one attached hydrogen (secondary N) is 1. The van der Waals surface area contributed by atoms with Crippen LogP contribution in [0.4, 0.5) is 0 Å². The van der Waals surface area contributed by atoms with Gasteiger partial charge in [-0.05, 0) is 38.5 Å². The van der Waals surface area contributed by atoms with Gasteiger partial charge in [-0.3, -0.25) is 4.79 Å². The van der Waals surface area contributed by atoms with Crippen LogP contribution < -0.4 is 5.32 Å². The highest BCUT2D eigenvalue weighted by Crippen LogP contribution is 2.39. The van der Waals surface area contributed by atoms with Gasteiger partial charge < -0.3 is 5.32 Å². The molecule has 0 bridgehead atoms. The Balaban J connectivity index is 2.46. The molecule has 1 amide bonds. The maximum Gasteiger partial charge on any atom is 0.233 e. The molecule has 2 nitrogen and oxygen atoms in total. The van der Waals surface area contributed by atoms with Crippen LogP contribution >= 0.6 is 12.6 Å². The smallest absolute Gasteiger partial charge is 0.233 e. The first kappa shape index (κ1) is 11.9. The Morgan fingerprint density at radius 3 is 2.29 bits per heavy atom. The average Bonchev–Trinajstić information content (AvgIpc) is 2.83. The average molecular weight is 215 g/mol. The minimum Gasteiger partial charge on any atom is -0.350 e. The first-order valence-corrected chi connectivity index (χ1v) is 5.86. The van der Waals surface area contributed by atoms with Crippen LogP contribution in [0.25, 0.3) is 0 Å². The molecule has 0 aromatic rings. The largest absolute Gasteiger partial charge is 0.350 e. The summed E-state index contributed by atoms with van der Waals surface area (Å²) in [6.45, 7) is 8.23. The number of carbonyl (C=O) groups is 1. The van der Waals surface area contributed by atoms with E-state index in [2.05, 4.69) is 31.8 Å². The Labute approximate surface area is 92.2 Å². The third-order valence-corrected chi connectivity index (χ3v) is 3.77. The molecule has 1 N–H and O–H groups in total. The lowest BCUT2D eigenvalue weighted by Crippen LogP contribution is -2.49. The van der Waals surface area contributed by atoms with Gasteiger partial charge in [-0.1, -0.05) is 13.8 Å². The van der Waals surface area contributed by atoms with Crippen molar-refractivity contribution in [3.63, 3.8) is 0 Å². The molecule has 0 spiro atoms. The molecular formula is C11H21NOS. The van der Waals surface area contributed by atoms with E-state index in [1.165, 1.54) is 12.8 Å². The van der Waals surface area contributed by atoms with Crippen molar-refractivity contribution in [3.05, 3.63) is 0 Å². The van der Waals surface area contributed by atoms with Crippen molar-refractivity contribution in [1.82, 2.24) is 5.32 Å². The Bertz CT molecular complexity index is 221. The Morgan fingerprint density at radius 2 is 1.93 bits per heavy atom. The highest BCUT2D eigenvalue weighted by Gasteiger charge is 2.39. The molecule has 0 radical (unpaired) electrons. The lowest BCUT2D eigenvalue weighted by molar-refractivity contribution is -0.123. The summed E-state index contributed by atoms with van der Waals surface area (Å²) in [4.78, 5) is 11.7. The van der Waals surface area contributed by atoms with Gasteiger partial charge in [0.15, 0.2) is 0 Å². The Hall–Kier alpha value is -0.180. The van der Waals surface area contributed by atoms with E-state index in [0.29, 0.717) is 5.92 Å². The predicted octanol–water partition coefficient (Wildman–Crippen LogP) is 2.25. The molecule has 0 aromatic heterocycles. The normalized spacial score (nSPS) is 19.6. The van der Waals surface area contributed by atoms with Crippen LogP contribution in [0.5, 0.6) is 0 Å². The molecule has 1 saturated carbocycles. The van der Waals surface area contributed by atoms with Gasteiger partial charge in [0.2, 0.25) is 5.91 Å². The Kier molecular flexibility index (Phi) is 3.51. The van der Waals surface area contributed by atoms with E-state index < -0.39 is 0 Å². The van der Waals surface area contributed by atoms with Crippen LogP contribution in [0.1, 0.15) is 40.5 Å². The number of hydrogen-bond donors (Lipinski definition) is 2. The Morgan fingerprint density at radius 1 is 1.43 bits per heavy atom. The maximum atomic E-state index is 11.7. The summed E-state index contributed by atoms with van der Waals surface area (Å²) in [6.07, 6.45) is 2.48. The van der Waals surface area contributed by atoms with Crippen molar-refractivity contribution in [3.8, 4) is 0 Å². The van der Waals surface area contributed by atoms with Crippen molar-refractivity contribution in [2.75, 3.05) is 0 Å². The molecule has 0 heterocycles. The van der Waals surface area contributed by atoms with Crippen molar-refractivity contribution >= 4 is 18.5 Å². The van der Waals surface area contributed by atoms with Gasteiger partial charge in [-0.15, -0.1) is 0 Å². The number of carbonyl (C=O) groups excluding carboxylic acids is 1. The summed E-state index contributed by atoms with van der Waals surface area (Å²) in [5.41, 5.74) is -0.0487. The van der Waals surface area contributed by atoms with Crippen LogP contribution in [0, 0.1) is 11.8 Å². The summed E-state index contributed by atoms with van der Waals surface area (Å²) >= 11 is 4.31. The van der Waals surface area contributed by atoms with Crippen LogP contribution in [0.2, 0.25) is 0 Å². The van der Waals surface area contributed by atoms with Crippen LogP contribution in [0.3, 0.4) is 0 Å². The number of rotatable bonds is 4. The zero-order chi connectivity index (χ0) is 10.9. The van der Waals surface area contributed by atoms with Gasteiger partial charge >= 0.3 is 0 Å². The fourth-order valence-electron chi connectivity index (χ4n) is 1.60. The van der Waals surface area contributed by atoms with E-state index >= 15 is 0 Å². The molecule has 1 rings (SSSR count). The molecule has 1 atom stereocenters. The zero-order valence-corrected chi connectivity index (χ0v) is 10.4. The molecule has 0 aliphatic heterocycles. The highest BCUT2D eigenvalue weighted by atomic mass is 32.1. The monoisotopic (exact) mass is 215 g/mol. The summed E-state index contributed by atoms with van der Waals surface area (Å²) in [6, 6.07) is 0. The summed E-state index contributed by atoms with van der Waals surface area (Å²) in [7, 11) is 0. The minimum atomic E-state index is -0.187. The fourth-order valence-corrected chi connectivity index (χ4v) is 1.67. The van der Waals surface area contributed by atoms with E-state index in [9.17, 15) is 4.79 Å². The van der Waals surface area contributed by atoms with Gasteiger partial charge in [-0.2, -0.15) is 12.6 Å². The highest BCUT2D eigenvalue weighted by molar-refractivity contribution is 7.81. The summed E-state index contributed by atoms with van der Waals surface area (Å²) in [5, 5.41) is 2.90. The predicted molar refractivity (Wildman–Crippen MR) is 62.6 cm³/mol. The lowest BCUT2D eigenvalue weighted by Gasteiger charge is -2.28. The van der Waals surface area contributed by atoms with E-state index in [0.717, 1.165) is 0 Å². The van der Waals surface area contributed by atoms with E-state index in [1.54, 1.807) is 0 Å². The van der Waals surface area contributed by atoms with Gasteiger partial charge in [0.05, 0.1) is 5.25 Å². The third kappa shape index (κ3) is 2.91. The van der Waals surface area contributed by atoms with Gasteiger partial charge in [0.25, 0.3) is 0 Å². The quantitative estimate of drug-likeness (QED) is 0.692. The number of amides is 1. The lowest BCUT2D eigenvalue weighted by atomic mass is 9.98. The molecule has 3 heteroatoms. The van der Waals surface area contributed by atoms with Crippen LogP contribution in [-0.2, 0) is 4.79 Å². The van der Waals surface area contributed by atoms with Gasteiger partial charge in [-0.25, -0.2) is 0 Å². The van der Waals surface area contributed by atoms with Gasteiger partial charge in [0, 0.05) is 5.54 Å². The third-order valence-electron chi connectivity index (χ3n) is 2.94. The van der Waals surface area contributed by atoms with Crippen molar-refractivity contribution in [1.29, 1.82) is 0 Å². The second-order valence-electron chi connectivity index (χ2n) is 5.17. The molecular weight excluding hydrogens is 194 g/mol. The number of thiol groups is 1. The topological polar surface area (TPSA) is 29.1 Å². The first-order chi connectivity index (χ1) is 6.34. The molecule has 14 heavy (non-hydrogen) atoms. The van der Waals surface area contributed by atoms with Crippen molar-refractivity contribution < 1.29 is 4.79 Å². The van der Waals surface area contributed by atoms with Crippen LogP contribution in [-0.4, -0.2) is 16.7 Å². The minimum absolute atomic E-state index is 0.0487. The zero-order valence-electron chi connectivity index (χ0n) is 9.50. The second-order valence-corrected chi connectivity index (χ2v) is 5.73. The maximum absolute atomic E-state index is 11.7. The second kappa shape index (κ2) is 4.13. The molecule has 1 unspecified atom stereocenters. The molecule has 1 aliphatic rings. The molecule has 1 aliphatic carbocycles. The van der Waals surface area contributed by atoms with E-state index in [1.807, 2.05) is 13.8 Å². The molecule has 82 valence electrons. The summed E-state index contributed by atoms with van der Waals surface area (Å²) in [5.74, 6) is 1.02. The first-order valence-electron chi connectivity index (χ1n) is 5.34. The van der Waals surface area contributed by atoms with Crippen molar-refractivity contribution in [2.45, 2.75) is 51.3 Å². The standard InChI is InChI=1S/C11H21NOS/c1-7(2)9(14)10(13)12-11(3,4)8-5-6-8/h7-9,14H,5-6H2,1-4H3,(H,12,13). The number of hydrogen-bond acceptors (Lipinski definition) is 2. The summed E-state index contributed by atoms with van der Waals surface area (Å²) < 4.78 is 0. The molecule has 0 aromatic carbocycles. The fraction of sp³-hybridized carbons (Fsp3) is 0.909.